The van der Waals surface area contributed by atoms with Gasteiger partial charge in [-0.25, -0.2) is 0 Å². The topological polar surface area (TPSA) is 0 Å². The number of hydrogen-bond acceptors (Lipinski definition) is 0. The molecule has 10 rings (SSSR count). The lowest BCUT2D eigenvalue weighted by Gasteiger charge is -2.22. The second-order valence-corrected chi connectivity index (χ2v) is 13.2. The van der Waals surface area contributed by atoms with E-state index in [4.69, 9.17) is 0 Å². The van der Waals surface area contributed by atoms with Gasteiger partial charge in [0.15, 0.2) is 0 Å². The minimum absolute atomic E-state index is 0.667. The van der Waals surface area contributed by atoms with Crippen molar-refractivity contribution in [2.45, 2.75) is 18.3 Å². The fourth-order valence-corrected chi connectivity index (χ4v) is 8.33. The van der Waals surface area contributed by atoms with E-state index in [1.165, 1.54) is 94.7 Å². The zero-order valence-electron chi connectivity index (χ0n) is 26.0. The minimum atomic E-state index is 0.667. The van der Waals surface area contributed by atoms with Crippen molar-refractivity contribution in [2.75, 3.05) is 0 Å². The van der Waals surface area contributed by atoms with Gasteiger partial charge in [0.05, 0.1) is 0 Å². The minimum Gasteiger partial charge on any atom is -0.0622 e. The van der Waals surface area contributed by atoms with E-state index < -0.39 is 0 Å². The molecule has 8 aromatic carbocycles. The normalized spacial score (nSPS) is 16.0. The van der Waals surface area contributed by atoms with E-state index in [0.29, 0.717) is 11.8 Å². The van der Waals surface area contributed by atoms with Crippen molar-refractivity contribution in [2.24, 2.45) is 0 Å². The van der Waals surface area contributed by atoms with Gasteiger partial charge in [0.2, 0.25) is 0 Å². The molecule has 0 saturated heterocycles. The Kier molecular flexibility index (Phi) is 5.87. The molecular formula is C47H32. The van der Waals surface area contributed by atoms with E-state index in [0.717, 1.165) is 0 Å². The van der Waals surface area contributed by atoms with Gasteiger partial charge in [0.25, 0.3) is 0 Å². The molecule has 8 aromatic rings. The van der Waals surface area contributed by atoms with E-state index in [1.54, 1.807) is 0 Å². The van der Waals surface area contributed by atoms with E-state index >= 15 is 0 Å². The molecule has 2 aliphatic carbocycles. The zero-order valence-corrected chi connectivity index (χ0v) is 26.0. The molecule has 0 aliphatic heterocycles. The van der Waals surface area contributed by atoms with Crippen LogP contribution in [0.25, 0.3) is 77.2 Å². The molecule has 0 nitrogen and oxygen atoms in total. The Morgan fingerprint density at radius 1 is 0.298 bits per heavy atom. The summed E-state index contributed by atoms with van der Waals surface area (Å²) in [7, 11) is 0. The van der Waals surface area contributed by atoms with Crippen LogP contribution in [0.4, 0.5) is 0 Å². The summed E-state index contributed by atoms with van der Waals surface area (Å²) in [5.74, 6) is 1.36. The standard InChI is InChI=1S/C47H32/c1-3-13-30(14-4-1)33-25-34(31-15-5-2-6-16-31)27-35(26-33)47-41-21-11-9-19-39(41)46(40-20-10-12-22-42(40)47)32-23-24-38-43(28-32)36-17-7-8-18-37(36)44-29-45(38)44/h1-28,44-45H,29H2. The van der Waals surface area contributed by atoms with Crippen LogP contribution in [0.3, 0.4) is 0 Å². The van der Waals surface area contributed by atoms with E-state index in [9.17, 15) is 0 Å². The van der Waals surface area contributed by atoms with Crippen LogP contribution in [0.5, 0.6) is 0 Å². The van der Waals surface area contributed by atoms with Crippen molar-refractivity contribution in [3.8, 4) is 55.6 Å². The summed E-state index contributed by atoms with van der Waals surface area (Å²) in [6, 6.07) is 63.1. The fraction of sp³-hybridized carbons (Fsp3) is 0.0638. The second kappa shape index (κ2) is 10.4. The summed E-state index contributed by atoms with van der Waals surface area (Å²) in [6.45, 7) is 0. The monoisotopic (exact) mass is 596 g/mol. The van der Waals surface area contributed by atoms with Crippen LogP contribution in [-0.4, -0.2) is 0 Å². The first kappa shape index (κ1) is 26.5. The first-order valence-corrected chi connectivity index (χ1v) is 16.8. The Morgan fingerprint density at radius 3 is 1.32 bits per heavy atom. The molecule has 0 heteroatoms. The van der Waals surface area contributed by atoms with E-state index in [-0.39, 0.29) is 0 Å². The smallest absolute Gasteiger partial charge is 0.00259 e. The first-order chi connectivity index (χ1) is 23.3. The molecule has 2 unspecified atom stereocenters. The molecule has 47 heavy (non-hydrogen) atoms. The van der Waals surface area contributed by atoms with Gasteiger partial charge in [0.1, 0.15) is 0 Å². The van der Waals surface area contributed by atoms with Gasteiger partial charge in [-0.3, -0.25) is 0 Å². The van der Waals surface area contributed by atoms with Crippen LogP contribution >= 0.6 is 0 Å². The summed E-state index contributed by atoms with van der Waals surface area (Å²) in [5.41, 5.74) is 15.9. The van der Waals surface area contributed by atoms with Crippen molar-refractivity contribution in [1.82, 2.24) is 0 Å². The average Bonchev–Trinajstić information content (AvgIpc) is 3.96. The van der Waals surface area contributed by atoms with E-state index in [2.05, 4.69) is 170 Å². The first-order valence-electron chi connectivity index (χ1n) is 16.8. The third-order valence-corrected chi connectivity index (χ3v) is 10.5. The van der Waals surface area contributed by atoms with Gasteiger partial charge >= 0.3 is 0 Å². The SMILES string of the molecule is c1ccc(-c2cc(-c3ccccc3)cc(-c3c4ccccc4c(-c4ccc5c(c4)-c4ccccc4C4CC54)c4ccccc34)c2)cc1. The molecule has 2 atom stereocenters. The second-order valence-electron chi connectivity index (χ2n) is 13.2. The number of fused-ring (bicyclic) bond motifs is 8. The molecule has 2 aliphatic rings. The summed E-state index contributed by atoms with van der Waals surface area (Å²) >= 11 is 0. The Labute approximate surface area is 275 Å². The fourth-order valence-electron chi connectivity index (χ4n) is 8.33. The Balaban J connectivity index is 1.25. The molecule has 0 bridgehead atoms. The van der Waals surface area contributed by atoms with Crippen LogP contribution in [-0.2, 0) is 0 Å². The van der Waals surface area contributed by atoms with Crippen LogP contribution in [0.1, 0.15) is 29.4 Å². The highest BCUT2D eigenvalue weighted by Crippen LogP contribution is 2.62. The molecule has 0 heterocycles. The van der Waals surface area contributed by atoms with Crippen molar-refractivity contribution in [1.29, 1.82) is 0 Å². The molecule has 0 amide bonds. The van der Waals surface area contributed by atoms with Gasteiger partial charge in [0, 0.05) is 0 Å². The summed E-state index contributed by atoms with van der Waals surface area (Å²) in [6.07, 6.45) is 1.27. The maximum absolute atomic E-state index is 2.49. The molecule has 1 fully saturated rings. The van der Waals surface area contributed by atoms with Crippen LogP contribution in [0.15, 0.2) is 170 Å². The lowest BCUT2D eigenvalue weighted by Crippen LogP contribution is -2.00. The Hall–Kier alpha value is -5.72. The highest BCUT2D eigenvalue weighted by Gasteiger charge is 2.45. The largest absolute Gasteiger partial charge is 0.0622 e. The molecule has 0 radical (unpaired) electrons. The average molecular weight is 597 g/mol. The summed E-state index contributed by atoms with van der Waals surface area (Å²) in [4.78, 5) is 0. The predicted octanol–water partition coefficient (Wildman–Crippen LogP) is 12.9. The molecule has 1 saturated carbocycles. The molecular weight excluding hydrogens is 565 g/mol. The number of hydrogen-bond donors (Lipinski definition) is 0. The lowest BCUT2D eigenvalue weighted by molar-refractivity contribution is 1.01. The predicted molar refractivity (Wildman–Crippen MR) is 199 cm³/mol. The van der Waals surface area contributed by atoms with Crippen LogP contribution in [0.2, 0.25) is 0 Å². The maximum Gasteiger partial charge on any atom is -0.00259 e. The van der Waals surface area contributed by atoms with Crippen molar-refractivity contribution < 1.29 is 0 Å². The summed E-state index contributed by atoms with van der Waals surface area (Å²) in [5, 5.41) is 5.15. The Bertz CT molecular complexity index is 2370. The van der Waals surface area contributed by atoms with Gasteiger partial charge in [-0.2, -0.15) is 0 Å². The number of rotatable bonds is 4. The maximum atomic E-state index is 2.49. The van der Waals surface area contributed by atoms with Crippen LogP contribution < -0.4 is 0 Å². The number of benzene rings is 8. The lowest BCUT2D eigenvalue weighted by atomic mass is 9.81. The third kappa shape index (κ3) is 4.22. The van der Waals surface area contributed by atoms with Gasteiger partial charge in [-0.05, 0) is 131 Å². The van der Waals surface area contributed by atoms with Gasteiger partial charge in [-0.1, -0.05) is 146 Å². The van der Waals surface area contributed by atoms with Gasteiger partial charge in [-0.15, -0.1) is 0 Å². The summed E-state index contributed by atoms with van der Waals surface area (Å²) < 4.78 is 0. The van der Waals surface area contributed by atoms with Crippen molar-refractivity contribution >= 4 is 21.5 Å². The van der Waals surface area contributed by atoms with Crippen molar-refractivity contribution in [3.05, 3.63) is 181 Å². The quantitative estimate of drug-likeness (QED) is 0.177. The third-order valence-electron chi connectivity index (χ3n) is 10.5. The van der Waals surface area contributed by atoms with Crippen molar-refractivity contribution in [3.63, 3.8) is 0 Å². The zero-order chi connectivity index (χ0) is 30.9. The molecule has 0 aromatic heterocycles. The molecule has 220 valence electrons. The highest BCUT2D eigenvalue weighted by molar-refractivity contribution is 6.21. The van der Waals surface area contributed by atoms with E-state index in [1.807, 2.05) is 0 Å². The molecule has 0 spiro atoms. The highest BCUT2D eigenvalue weighted by atomic mass is 14.5. The van der Waals surface area contributed by atoms with Crippen LogP contribution in [0, 0.1) is 0 Å². The Morgan fingerprint density at radius 2 is 0.745 bits per heavy atom. The molecule has 0 N–H and O–H groups in total. The van der Waals surface area contributed by atoms with Gasteiger partial charge < -0.3 is 0 Å².